The van der Waals surface area contributed by atoms with Crippen LogP contribution in [-0.2, 0) is 11.2 Å². The highest BCUT2D eigenvalue weighted by atomic mass is 16.7. The summed E-state index contributed by atoms with van der Waals surface area (Å²) in [5.41, 5.74) is 1.96. The molecule has 0 radical (unpaired) electrons. The summed E-state index contributed by atoms with van der Waals surface area (Å²) in [4.78, 5) is 18.8. The van der Waals surface area contributed by atoms with E-state index in [2.05, 4.69) is 18.7 Å². The van der Waals surface area contributed by atoms with Gasteiger partial charge in [0.25, 0.3) is 5.91 Å². The average molecular weight is 235 g/mol. The van der Waals surface area contributed by atoms with Gasteiger partial charge in [0.1, 0.15) is 0 Å². The number of nitrogens with zero attached hydrogens (tertiary/aromatic N) is 2. The van der Waals surface area contributed by atoms with Crippen molar-refractivity contribution in [1.82, 2.24) is 5.17 Å². The number of anilines is 1. The van der Waals surface area contributed by atoms with Gasteiger partial charge in [0.15, 0.2) is 5.75 Å². The van der Waals surface area contributed by atoms with Crippen LogP contribution in [0.5, 0.6) is 5.75 Å². The molecule has 92 valence electrons. The van der Waals surface area contributed by atoms with Crippen molar-refractivity contribution >= 4 is 11.6 Å². The summed E-state index contributed by atoms with van der Waals surface area (Å²) in [5.74, 6) is 5.87. The molecule has 5 nitrogen and oxygen atoms in total. The number of carbonyl (C=O) groups excluding carboxylic acids is 1. The smallest absolute Gasteiger partial charge is 0.276 e. The first-order valence-corrected chi connectivity index (χ1v) is 5.79. The zero-order valence-electron chi connectivity index (χ0n) is 10.1. The first-order valence-electron chi connectivity index (χ1n) is 5.79. The first-order chi connectivity index (χ1) is 8.15. The molecule has 0 spiro atoms. The molecular formula is C12H17N3O2. The lowest BCUT2D eigenvalue weighted by molar-refractivity contribution is -0.160. The second kappa shape index (κ2) is 4.63. The van der Waals surface area contributed by atoms with E-state index >= 15 is 0 Å². The molecule has 5 heteroatoms. The standard InChI is InChI=1S/C12H17N3O2/c1-3-14(4-2)10-6-5-9-7-12(16)15(13)17-11(9)8-10/h5-6,8H,3-4,7,13H2,1-2H3. The van der Waals surface area contributed by atoms with E-state index in [1.165, 1.54) is 0 Å². The van der Waals surface area contributed by atoms with Gasteiger partial charge in [-0.2, -0.15) is 0 Å². The number of benzene rings is 1. The molecule has 0 bridgehead atoms. The molecule has 0 atom stereocenters. The quantitative estimate of drug-likeness (QED) is 0.629. The molecule has 1 aliphatic rings. The Morgan fingerprint density at radius 3 is 2.76 bits per heavy atom. The van der Waals surface area contributed by atoms with E-state index in [0.717, 1.165) is 29.5 Å². The van der Waals surface area contributed by atoms with Crippen molar-refractivity contribution in [1.29, 1.82) is 0 Å². The number of amides is 1. The number of rotatable bonds is 3. The van der Waals surface area contributed by atoms with E-state index in [9.17, 15) is 4.79 Å². The van der Waals surface area contributed by atoms with Gasteiger partial charge < -0.3 is 9.74 Å². The summed E-state index contributed by atoms with van der Waals surface area (Å²) in [7, 11) is 0. The monoisotopic (exact) mass is 235 g/mol. The molecule has 2 N–H and O–H groups in total. The van der Waals surface area contributed by atoms with Crippen molar-refractivity contribution in [3.8, 4) is 5.75 Å². The van der Waals surface area contributed by atoms with E-state index in [1.54, 1.807) is 0 Å². The summed E-state index contributed by atoms with van der Waals surface area (Å²) in [6, 6.07) is 5.86. The van der Waals surface area contributed by atoms with Crippen molar-refractivity contribution in [3.05, 3.63) is 23.8 Å². The maximum Gasteiger partial charge on any atom is 0.276 e. The Labute approximate surface area is 101 Å². The Hall–Kier alpha value is -1.75. The van der Waals surface area contributed by atoms with Crippen molar-refractivity contribution in [2.24, 2.45) is 5.84 Å². The predicted octanol–water partition coefficient (Wildman–Crippen LogP) is 1.08. The lowest BCUT2D eigenvalue weighted by atomic mass is 10.1. The summed E-state index contributed by atoms with van der Waals surface area (Å²) >= 11 is 0. The van der Waals surface area contributed by atoms with E-state index in [0.29, 0.717) is 12.2 Å². The number of fused-ring (bicyclic) bond motifs is 1. The fourth-order valence-electron chi connectivity index (χ4n) is 1.96. The summed E-state index contributed by atoms with van der Waals surface area (Å²) in [6.45, 7) is 6.06. The van der Waals surface area contributed by atoms with Gasteiger partial charge >= 0.3 is 0 Å². The van der Waals surface area contributed by atoms with Gasteiger partial charge in [-0.15, -0.1) is 5.17 Å². The number of hydroxylamine groups is 1. The minimum absolute atomic E-state index is 0.229. The van der Waals surface area contributed by atoms with Crippen LogP contribution in [0.25, 0.3) is 0 Å². The maximum absolute atomic E-state index is 11.4. The van der Waals surface area contributed by atoms with Gasteiger partial charge in [-0.1, -0.05) is 6.07 Å². The van der Waals surface area contributed by atoms with Crippen LogP contribution in [0.3, 0.4) is 0 Å². The lowest BCUT2D eigenvalue weighted by Gasteiger charge is -2.26. The molecule has 1 amide bonds. The zero-order chi connectivity index (χ0) is 12.4. The number of carbonyl (C=O) groups is 1. The molecule has 0 fully saturated rings. The predicted molar refractivity (Wildman–Crippen MR) is 65.4 cm³/mol. The molecule has 0 saturated heterocycles. The fourth-order valence-corrected chi connectivity index (χ4v) is 1.96. The highest BCUT2D eigenvalue weighted by Gasteiger charge is 2.23. The molecule has 1 aromatic rings. The minimum Gasteiger partial charge on any atom is -0.372 e. The van der Waals surface area contributed by atoms with Gasteiger partial charge in [0, 0.05) is 30.4 Å². The highest BCUT2D eigenvalue weighted by molar-refractivity contribution is 5.80. The van der Waals surface area contributed by atoms with Gasteiger partial charge in [-0.25, -0.2) is 5.84 Å². The topological polar surface area (TPSA) is 58.8 Å². The third-order valence-electron chi connectivity index (χ3n) is 2.96. The summed E-state index contributed by atoms with van der Waals surface area (Å²) < 4.78 is 0. The number of hydrogen-bond donors (Lipinski definition) is 1. The SMILES string of the molecule is CCN(CC)c1ccc2c(c1)ON(N)C(=O)C2. The van der Waals surface area contributed by atoms with E-state index in [1.807, 2.05) is 18.2 Å². The fraction of sp³-hybridized carbons (Fsp3) is 0.417. The van der Waals surface area contributed by atoms with Crippen molar-refractivity contribution in [3.63, 3.8) is 0 Å². The van der Waals surface area contributed by atoms with Crippen LogP contribution < -0.4 is 15.6 Å². The van der Waals surface area contributed by atoms with Crippen LogP contribution in [0.1, 0.15) is 19.4 Å². The molecule has 0 saturated carbocycles. The van der Waals surface area contributed by atoms with E-state index in [4.69, 9.17) is 10.7 Å². The van der Waals surface area contributed by atoms with Crippen LogP contribution in [0, 0.1) is 0 Å². The van der Waals surface area contributed by atoms with Crippen LogP contribution in [0.4, 0.5) is 5.69 Å². The second-order valence-corrected chi connectivity index (χ2v) is 3.95. The molecule has 1 heterocycles. The van der Waals surface area contributed by atoms with Crippen LogP contribution in [0.2, 0.25) is 0 Å². The third-order valence-corrected chi connectivity index (χ3v) is 2.96. The average Bonchev–Trinajstić information content (AvgIpc) is 2.32. The molecule has 1 aromatic carbocycles. The maximum atomic E-state index is 11.4. The molecule has 0 aromatic heterocycles. The van der Waals surface area contributed by atoms with Gasteiger partial charge in [-0.3, -0.25) is 4.79 Å². The Kier molecular flexibility index (Phi) is 3.19. The molecule has 0 unspecified atom stereocenters. The molecule has 1 aliphatic heterocycles. The first kappa shape index (κ1) is 11.7. The van der Waals surface area contributed by atoms with Crippen LogP contribution in [0.15, 0.2) is 18.2 Å². The van der Waals surface area contributed by atoms with Crippen molar-refractivity contribution in [2.75, 3.05) is 18.0 Å². The Morgan fingerprint density at radius 2 is 2.12 bits per heavy atom. The van der Waals surface area contributed by atoms with Crippen LogP contribution in [-0.4, -0.2) is 24.2 Å². The van der Waals surface area contributed by atoms with E-state index < -0.39 is 0 Å². The molecule has 17 heavy (non-hydrogen) atoms. The lowest BCUT2D eigenvalue weighted by Crippen LogP contribution is -2.44. The summed E-state index contributed by atoms with van der Waals surface area (Å²) in [6.07, 6.45) is 0.296. The number of hydrogen-bond acceptors (Lipinski definition) is 4. The number of nitrogens with two attached hydrogens (primary N) is 1. The zero-order valence-corrected chi connectivity index (χ0v) is 10.1. The molecule has 2 rings (SSSR count). The van der Waals surface area contributed by atoms with Crippen LogP contribution >= 0.6 is 0 Å². The second-order valence-electron chi connectivity index (χ2n) is 3.95. The van der Waals surface area contributed by atoms with Gasteiger partial charge in [0.05, 0.1) is 6.42 Å². The summed E-state index contributed by atoms with van der Waals surface area (Å²) in [5, 5.41) is 0.800. The van der Waals surface area contributed by atoms with Crippen molar-refractivity contribution in [2.45, 2.75) is 20.3 Å². The normalized spacial score (nSPS) is 14.3. The Balaban J connectivity index is 2.31. The Bertz CT molecular complexity index is 430. The third kappa shape index (κ3) is 2.19. The van der Waals surface area contributed by atoms with E-state index in [-0.39, 0.29) is 5.91 Å². The van der Waals surface area contributed by atoms with Crippen molar-refractivity contribution < 1.29 is 9.63 Å². The largest absolute Gasteiger partial charge is 0.372 e. The van der Waals surface area contributed by atoms with Gasteiger partial charge in [-0.05, 0) is 19.9 Å². The molecular weight excluding hydrogens is 218 g/mol. The number of hydrazine groups is 1. The molecule has 0 aliphatic carbocycles. The highest BCUT2D eigenvalue weighted by Crippen LogP contribution is 2.29. The Morgan fingerprint density at radius 1 is 1.41 bits per heavy atom. The minimum atomic E-state index is -0.229. The van der Waals surface area contributed by atoms with Gasteiger partial charge in [0.2, 0.25) is 0 Å².